The van der Waals surface area contributed by atoms with Crippen LogP contribution in [-0.4, -0.2) is 16.5 Å². The molecule has 5 heteroatoms. The van der Waals surface area contributed by atoms with Crippen LogP contribution in [-0.2, 0) is 15.5 Å². The fraction of sp³-hybridized carbons (Fsp3) is 0.417. The van der Waals surface area contributed by atoms with E-state index in [4.69, 9.17) is 16.9 Å². The Hall–Kier alpha value is -1.05. The highest BCUT2D eigenvalue weighted by Gasteiger charge is 2.10. The van der Waals surface area contributed by atoms with Crippen molar-refractivity contribution in [1.82, 2.24) is 0 Å². The van der Waals surface area contributed by atoms with E-state index in [0.717, 1.165) is 12.0 Å². The maximum Gasteiger partial charge on any atom is 0.119 e. The van der Waals surface area contributed by atoms with Gasteiger partial charge in [0.1, 0.15) is 5.75 Å². The van der Waals surface area contributed by atoms with Crippen molar-refractivity contribution in [1.29, 1.82) is 5.26 Å². The second-order valence-corrected chi connectivity index (χ2v) is 6.52. The molecule has 17 heavy (non-hydrogen) atoms. The molecule has 0 amide bonds. The van der Waals surface area contributed by atoms with E-state index in [0.29, 0.717) is 17.3 Å². The fourth-order valence-electron chi connectivity index (χ4n) is 1.39. The lowest BCUT2D eigenvalue weighted by molar-refractivity contribution is 0.675. The maximum absolute atomic E-state index is 12.4. The summed E-state index contributed by atoms with van der Waals surface area (Å²) in [4.78, 5) is 0. The largest absolute Gasteiger partial charge is 0.248 e. The summed E-state index contributed by atoms with van der Waals surface area (Å²) in [5, 5.41) is 9.33. The van der Waals surface area contributed by atoms with E-state index in [9.17, 15) is 4.21 Å². The molecular formula is C12H15ClN2OS. The molecule has 0 aromatic heterocycles. The van der Waals surface area contributed by atoms with Gasteiger partial charge in [-0.3, -0.25) is 0 Å². The SMILES string of the molecule is CCCN=S(=O)(CC#N)Cc1cccc(Cl)c1. The van der Waals surface area contributed by atoms with E-state index in [-0.39, 0.29) is 5.75 Å². The Labute approximate surface area is 108 Å². The normalized spacial score (nSPS) is 13.7. The van der Waals surface area contributed by atoms with E-state index >= 15 is 0 Å². The lowest BCUT2D eigenvalue weighted by Crippen LogP contribution is -2.08. The molecule has 0 heterocycles. The number of nitrogens with zero attached hydrogens (tertiary/aromatic N) is 2. The van der Waals surface area contributed by atoms with E-state index in [1.165, 1.54) is 0 Å². The lowest BCUT2D eigenvalue weighted by Gasteiger charge is -2.07. The van der Waals surface area contributed by atoms with Crippen LogP contribution in [0, 0.1) is 11.3 Å². The Kier molecular flexibility index (Phi) is 5.46. The first-order valence-electron chi connectivity index (χ1n) is 5.39. The Morgan fingerprint density at radius 1 is 1.53 bits per heavy atom. The van der Waals surface area contributed by atoms with E-state index in [1.54, 1.807) is 12.1 Å². The average Bonchev–Trinajstić information content (AvgIpc) is 2.27. The quantitative estimate of drug-likeness (QED) is 0.825. The van der Waals surface area contributed by atoms with Crippen LogP contribution in [0.15, 0.2) is 28.6 Å². The van der Waals surface area contributed by atoms with Gasteiger partial charge in [0.25, 0.3) is 0 Å². The van der Waals surface area contributed by atoms with E-state index in [1.807, 2.05) is 25.1 Å². The third-order valence-corrected chi connectivity index (χ3v) is 4.37. The number of rotatable bonds is 5. The van der Waals surface area contributed by atoms with Crippen LogP contribution in [0.5, 0.6) is 0 Å². The van der Waals surface area contributed by atoms with Crippen LogP contribution >= 0.6 is 11.6 Å². The van der Waals surface area contributed by atoms with Crippen molar-refractivity contribution in [3.63, 3.8) is 0 Å². The Morgan fingerprint density at radius 2 is 2.29 bits per heavy atom. The van der Waals surface area contributed by atoms with Crippen molar-refractivity contribution < 1.29 is 4.21 Å². The molecular weight excluding hydrogens is 256 g/mol. The maximum atomic E-state index is 12.4. The van der Waals surface area contributed by atoms with Crippen LogP contribution in [0.2, 0.25) is 5.02 Å². The molecule has 0 bridgehead atoms. The van der Waals surface area contributed by atoms with Gasteiger partial charge < -0.3 is 0 Å². The van der Waals surface area contributed by atoms with Crippen molar-refractivity contribution in [3.8, 4) is 6.07 Å². The third-order valence-electron chi connectivity index (χ3n) is 2.12. The molecule has 0 radical (unpaired) electrons. The predicted octanol–water partition coefficient (Wildman–Crippen LogP) is 3.24. The molecule has 0 aliphatic rings. The van der Waals surface area contributed by atoms with Gasteiger partial charge in [0, 0.05) is 11.6 Å². The van der Waals surface area contributed by atoms with Gasteiger partial charge in [-0.25, -0.2) is 8.57 Å². The third kappa shape index (κ3) is 4.76. The van der Waals surface area contributed by atoms with Gasteiger partial charge in [-0.2, -0.15) is 5.26 Å². The van der Waals surface area contributed by atoms with Crippen LogP contribution < -0.4 is 0 Å². The zero-order valence-electron chi connectivity index (χ0n) is 9.73. The van der Waals surface area contributed by atoms with E-state index in [2.05, 4.69) is 4.36 Å². The van der Waals surface area contributed by atoms with Crippen molar-refractivity contribution in [2.24, 2.45) is 4.36 Å². The number of hydrogen-bond acceptors (Lipinski definition) is 3. The number of nitriles is 1. The first kappa shape index (κ1) is 14.0. The molecule has 0 saturated heterocycles. The van der Waals surface area contributed by atoms with Gasteiger partial charge in [-0.05, 0) is 24.1 Å². The van der Waals surface area contributed by atoms with Gasteiger partial charge in [-0.1, -0.05) is 30.7 Å². The highest BCUT2D eigenvalue weighted by atomic mass is 35.5. The van der Waals surface area contributed by atoms with Gasteiger partial charge in [0.2, 0.25) is 0 Å². The first-order valence-corrected chi connectivity index (χ1v) is 7.62. The summed E-state index contributed by atoms with van der Waals surface area (Å²) < 4.78 is 16.5. The summed E-state index contributed by atoms with van der Waals surface area (Å²) in [5.41, 5.74) is 0.859. The van der Waals surface area contributed by atoms with Gasteiger partial charge in [-0.15, -0.1) is 0 Å². The molecule has 0 fully saturated rings. The minimum Gasteiger partial charge on any atom is -0.248 e. The molecule has 0 spiro atoms. The summed E-state index contributed by atoms with van der Waals surface area (Å²) in [6.07, 6.45) is 0.831. The number of hydrogen-bond donors (Lipinski definition) is 0. The average molecular weight is 271 g/mol. The first-order chi connectivity index (χ1) is 8.09. The molecule has 1 aromatic rings. The highest BCUT2D eigenvalue weighted by molar-refractivity contribution is 7.93. The van der Waals surface area contributed by atoms with Crippen LogP contribution in [0.3, 0.4) is 0 Å². The van der Waals surface area contributed by atoms with Crippen molar-refractivity contribution in [2.75, 3.05) is 12.3 Å². The molecule has 1 rings (SSSR count). The molecule has 0 aliphatic carbocycles. The highest BCUT2D eigenvalue weighted by Crippen LogP contribution is 2.15. The van der Waals surface area contributed by atoms with Crippen LogP contribution in [0.25, 0.3) is 0 Å². The monoisotopic (exact) mass is 270 g/mol. The minimum atomic E-state index is -2.47. The zero-order valence-corrected chi connectivity index (χ0v) is 11.3. The van der Waals surface area contributed by atoms with Crippen LogP contribution in [0.4, 0.5) is 0 Å². The molecule has 1 atom stereocenters. The van der Waals surface area contributed by atoms with E-state index < -0.39 is 9.73 Å². The molecule has 0 saturated carbocycles. The standard InChI is InChI=1S/C12H15ClN2OS/c1-2-7-15-17(16,8-6-14)10-11-4-3-5-12(13)9-11/h3-5,9H,2,7-8,10H2,1H3. The number of benzene rings is 1. The number of halogens is 1. The topological polar surface area (TPSA) is 53.2 Å². The summed E-state index contributed by atoms with van der Waals surface area (Å²) >= 11 is 5.87. The summed E-state index contributed by atoms with van der Waals surface area (Å²) in [6.45, 7) is 2.50. The van der Waals surface area contributed by atoms with Crippen molar-refractivity contribution >= 4 is 21.3 Å². The smallest absolute Gasteiger partial charge is 0.119 e. The molecule has 1 aromatic carbocycles. The molecule has 3 nitrogen and oxygen atoms in total. The fourth-order valence-corrected chi connectivity index (χ4v) is 3.30. The molecule has 0 N–H and O–H groups in total. The molecule has 92 valence electrons. The summed E-state index contributed by atoms with van der Waals surface area (Å²) in [6, 6.07) is 9.14. The van der Waals surface area contributed by atoms with Crippen LogP contribution in [0.1, 0.15) is 18.9 Å². The zero-order chi connectivity index (χ0) is 12.7. The second-order valence-electron chi connectivity index (χ2n) is 3.70. The van der Waals surface area contributed by atoms with Crippen molar-refractivity contribution in [2.45, 2.75) is 19.1 Å². The summed E-state index contributed by atoms with van der Waals surface area (Å²) in [5.74, 6) is 0.265. The molecule has 0 aliphatic heterocycles. The van der Waals surface area contributed by atoms with Crippen molar-refractivity contribution in [3.05, 3.63) is 34.9 Å². The predicted molar refractivity (Wildman–Crippen MR) is 71.4 cm³/mol. The Balaban J connectivity index is 2.96. The second kappa shape index (κ2) is 6.63. The molecule has 1 unspecified atom stereocenters. The van der Waals surface area contributed by atoms with Gasteiger partial charge in [0.05, 0.1) is 21.6 Å². The van der Waals surface area contributed by atoms with Gasteiger partial charge in [0.15, 0.2) is 0 Å². The Morgan fingerprint density at radius 3 is 2.88 bits per heavy atom. The summed E-state index contributed by atoms with van der Waals surface area (Å²) in [7, 11) is -2.47. The van der Waals surface area contributed by atoms with Gasteiger partial charge >= 0.3 is 0 Å². The minimum absolute atomic E-state index is 0.0283. The Bertz CT molecular complexity index is 528. The lowest BCUT2D eigenvalue weighted by atomic mass is 10.2.